The molecule has 0 saturated heterocycles. The number of carbonyl (C=O) groups excluding carboxylic acids is 2. The van der Waals surface area contributed by atoms with Gasteiger partial charge in [-0.1, -0.05) is 28.1 Å². The van der Waals surface area contributed by atoms with E-state index < -0.39 is 29.3 Å². The van der Waals surface area contributed by atoms with Gasteiger partial charge >= 0.3 is 6.09 Å². The number of benzene rings is 1. The van der Waals surface area contributed by atoms with Gasteiger partial charge in [0.1, 0.15) is 17.8 Å². The number of halogens is 1. The van der Waals surface area contributed by atoms with E-state index in [4.69, 9.17) is 28.4 Å². The van der Waals surface area contributed by atoms with Crippen LogP contribution in [0.2, 0.25) is 0 Å². The largest absolute Gasteiger partial charge is 0.454 e. The lowest BCUT2D eigenvalue weighted by atomic mass is 9.67. The van der Waals surface area contributed by atoms with Crippen LogP contribution < -0.4 is 14.8 Å². The van der Waals surface area contributed by atoms with Gasteiger partial charge in [-0.3, -0.25) is 4.79 Å². The fourth-order valence-corrected chi connectivity index (χ4v) is 4.58. The van der Waals surface area contributed by atoms with Gasteiger partial charge in [0.05, 0.1) is 12.2 Å². The number of carbonyl (C=O) groups is 2. The third kappa shape index (κ3) is 5.68. The molecule has 0 aromatic heterocycles. The van der Waals surface area contributed by atoms with Crippen molar-refractivity contribution in [1.29, 1.82) is 0 Å². The Balaban J connectivity index is 2.04. The first kappa shape index (κ1) is 25.5. The number of amides is 1. The van der Waals surface area contributed by atoms with Crippen LogP contribution in [0.15, 0.2) is 28.8 Å². The zero-order valence-corrected chi connectivity index (χ0v) is 21.0. The van der Waals surface area contributed by atoms with Gasteiger partial charge in [-0.2, -0.15) is 0 Å². The third-order valence-corrected chi connectivity index (χ3v) is 6.11. The van der Waals surface area contributed by atoms with Crippen LogP contribution >= 0.6 is 15.9 Å². The molecule has 10 heteroatoms. The second kappa shape index (κ2) is 10.4. The minimum absolute atomic E-state index is 0.00706. The van der Waals surface area contributed by atoms with Crippen molar-refractivity contribution in [3.05, 3.63) is 34.3 Å². The van der Waals surface area contributed by atoms with Crippen molar-refractivity contribution in [1.82, 2.24) is 5.32 Å². The van der Waals surface area contributed by atoms with E-state index in [1.165, 1.54) is 7.11 Å². The van der Waals surface area contributed by atoms with Gasteiger partial charge in [-0.05, 0) is 38.5 Å². The quantitative estimate of drug-likeness (QED) is 0.513. The van der Waals surface area contributed by atoms with E-state index in [1.807, 2.05) is 0 Å². The SMILES string of the molecule is COCO[C@@H](CNC(=O)OC(C)(C)C)[C@]1(c2ccc3c(c2)OCO3)C=C(Br)[C@H](OC)CC1=O. The topological polar surface area (TPSA) is 102 Å². The number of methoxy groups -OCH3 is 2. The molecule has 1 aromatic rings. The predicted molar refractivity (Wildman–Crippen MR) is 123 cm³/mol. The number of hydrogen-bond donors (Lipinski definition) is 1. The fraction of sp³-hybridized carbons (Fsp3) is 0.565. The van der Waals surface area contributed by atoms with E-state index >= 15 is 0 Å². The molecule has 33 heavy (non-hydrogen) atoms. The number of hydrogen-bond acceptors (Lipinski definition) is 8. The maximum absolute atomic E-state index is 13.7. The van der Waals surface area contributed by atoms with Crippen molar-refractivity contribution in [3.8, 4) is 11.5 Å². The normalized spacial score (nSPS) is 23.2. The van der Waals surface area contributed by atoms with Crippen LogP contribution in [0.25, 0.3) is 0 Å². The Hall–Kier alpha value is -2.14. The molecule has 1 N–H and O–H groups in total. The Kier molecular flexibility index (Phi) is 8.04. The van der Waals surface area contributed by atoms with Crippen LogP contribution in [-0.4, -0.2) is 64.0 Å². The van der Waals surface area contributed by atoms with Crippen LogP contribution in [0.5, 0.6) is 11.5 Å². The van der Waals surface area contributed by atoms with E-state index in [9.17, 15) is 9.59 Å². The molecule has 1 aliphatic carbocycles. The van der Waals surface area contributed by atoms with Gasteiger partial charge in [-0.15, -0.1) is 0 Å². The van der Waals surface area contributed by atoms with Gasteiger partial charge < -0.3 is 33.7 Å². The molecule has 0 fully saturated rings. The van der Waals surface area contributed by atoms with Crippen molar-refractivity contribution in [2.45, 2.75) is 50.4 Å². The minimum atomic E-state index is -1.26. The number of fused-ring (bicyclic) bond motifs is 1. The second-order valence-electron chi connectivity index (χ2n) is 8.76. The van der Waals surface area contributed by atoms with E-state index in [1.54, 1.807) is 52.2 Å². The summed E-state index contributed by atoms with van der Waals surface area (Å²) in [5.41, 5.74) is -1.30. The first-order valence-corrected chi connectivity index (χ1v) is 11.3. The lowest BCUT2D eigenvalue weighted by Crippen LogP contribution is -2.55. The molecule has 0 unspecified atom stereocenters. The highest BCUT2D eigenvalue weighted by molar-refractivity contribution is 9.11. The van der Waals surface area contributed by atoms with Gasteiger partial charge in [0.2, 0.25) is 6.79 Å². The zero-order chi connectivity index (χ0) is 24.2. The smallest absolute Gasteiger partial charge is 0.407 e. The van der Waals surface area contributed by atoms with E-state index in [-0.39, 0.29) is 32.3 Å². The summed E-state index contributed by atoms with van der Waals surface area (Å²) in [5.74, 6) is 0.989. The maximum Gasteiger partial charge on any atom is 0.407 e. The van der Waals surface area contributed by atoms with Crippen LogP contribution in [0.3, 0.4) is 0 Å². The third-order valence-electron chi connectivity index (χ3n) is 5.37. The van der Waals surface area contributed by atoms with Crippen molar-refractivity contribution >= 4 is 27.8 Å². The average molecular weight is 528 g/mol. The molecule has 0 spiro atoms. The van der Waals surface area contributed by atoms with Crippen LogP contribution in [0.1, 0.15) is 32.8 Å². The molecule has 1 aromatic carbocycles. The second-order valence-corrected chi connectivity index (χ2v) is 9.68. The van der Waals surface area contributed by atoms with Crippen molar-refractivity contribution < 1.29 is 38.0 Å². The molecule has 2 aliphatic rings. The van der Waals surface area contributed by atoms with Crippen LogP contribution in [0.4, 0.5) is 4.79 Å². The zero-order valence-electron chi connectivity index (χ0n) is 19.4. The predicted octanol–water partition coefficient (Wildman–Crippen LogP) is 3.43. The molecule has 1 heterocycles. The number of nitrogens with one attached hydrogen (secondary N) is 1. The van der Waals surface area contributed by atoms with Gasteiger partial charge in [0.25, 0.3) is 0 Å². The Morgan fingerprint density at radius 3 is 2.67 bits per heavy atom. The fourth-order valence-electron chi connectivity index (χ4n) is 3.87. The first-order chi connectivity index (χ1) is 15.6. The van der Waals surface area contributed by atoms with Crippen LogP contribution in [-0.2, 0) is 29.2 Å². The van der Waals surface area contributed by atoms with Crippen molar-refractivity contribution in [2.24, 2.45) is 0 Å². The molecule has 0 saturated carbocycles. The Morgan fingerprint density at radius 2 is 2.00 bits per heavy atom. The average Bonchev–Trinajstić information content (AvgIpc) is 3.22. The van der Waals surface area contributed by atoms with E-state index in [0.29, 0.717) is 21.5 Å². The summed E-state index contributed by atoms with van der Waals surface area (Å²) in [6.45, 7) is 5.33. The number of ketones is 1. The molecule has 0 bridgehead atoms. The van der Waals surface area contributed by atoms with Crippen molar-refractivity contribution in [2.75, 3.05) is 34.4 Å². The summed E-state index contributed by atoms with van der Waals surface area (Å²) >= 11 is 3.56. The molecule has 1 aliphatic heterocycles. The van der Waals surface area contributed by atoms with E-state index in [0.717, 1.165) is 0 Å². The molecule has 9 nitrogen and oxygen atoms in total. The summed E-state index contributed by atoms with van der Waals surface area (Å²) < 4.78 is 33.6. The number of rotatable bonds is 8. The molecule has 1 amide bonds. The highest BCUT2D eigenvalue weighted by Crippen LogP contribution is 2.44. The Morgan fingerprint density at radius 1 is 1.27 bits per heavy atom. The number of ether oxygens (including phenoxy) is 6. The molecule has 3 atom stereocenters. The Labute approximate surface area is 201 Å². The molecular formula is C23H30BrNO8. The highest BCUT2D eigenvalue weighted by Gasteiger charge is 2.50. The molecule has 3 rings (SSSR count). The molecule has 182 valence electrons. The monoisotopic (exact) mass is 527 g/mol. The molecule has 0 radical (unpaired) electrons. The minimum Gasteiger partial charge on any atom is -0.454 e. The lowest BCUT2D eigenvalue weighted by molar-refractivity contribution is -0.138. The maximum atomic E-state index is 13.7. The van der Waals surface area contributed by atoms with E-state index in [2.05, 4.69) is 21.2 Å². The van der Waals surface area contributed by atoms with Gasteiger partial charge in [-0.25, -0.2) is 4.79 Å². The summed E-state index contributed by atoms with van der Waals surface area (Å²) in [6, 6.07) is 5.32. The molecular weight excluding hydrogens is 498 g/mol. The van der Waals surface area contributed by atoms with Crippen molar-refractivity contribution in [3.63, 3.8) is 0 Å². The number of alkyl carbamates (subject to hydrolysis) is 1. The highest BCUT2D eigenvalue weighted by atomic mass is 79.9. The summed E-state index contributed by atoms with van der Waals surface area (Å²) in [5, 5.41) is 2.73. The standard InChI is InChI=1S/C23H30BrNO8/c1-22(2,3)33-21(27)25-11-20(32-12-28-4)23(10-15(24)17(29-5)9-19(23)26)14-6-7-16-18(8-14)31-13-30-16/h6-8,10,17,20H,9,11-13H2,1-5H3,(H,25,27)/t17-,20+,23+/m1/s1. The summed E-state index contributed by atoms with van der Waals surface area (Å²) in [7, 11) is 3.03. The van der Waals surface area contributed by atoms with Gasteiger partial charge in [0, 0.05) is 31.7 Å². The summed E-state index contributed by atoms with van der Waals surface area (Å²) in [6.07, 6.45) is 0.0447. The summed E-state index contributed by atoms with van der Waals surface area (Å²) in [4.78, 5) is 26.1. The van der Waals surface area contributed by atoms with Gasteiger partial charge in [0.15, 0.2) is 17.3 Å². The first-order valence-electron chi connectivity index (χ1n) is 10.5. The number of Topliss-reactive ketones (excluding diaryl/α,β-unsaturated/α-hetero) is 1. The Bertz CT molecular complexity index is 912. The lowest BCUT2D eigenvalue weighted by Gasteiger charge is -2.41. The van der Waals surface area contributed by atoms with Crippen LogP contribution in [0, 0.1) is 0 Å².